The van der Waals surface area contributed by atoms with Gasteiger partial charge < -0.3 is 15.5 Å². The molecular formula is C16H28FIN4. The zero-order valence-corrected chi connectivity index (χ0v) is 16.1. The number of likely N-dealkylation sites (N-methyl/N-ethyl adjacent to an activating group) is 1. The number of aliphatic imine (C=N–C) groups is 1. The van der Waals surface area contributed by atoms with E-state index in [1.165, 1.54) is 6.07 Å². The van der Waals surface area contributed by atoms with Crippen LogP contribution in [0.1, 0.15) is 19.4 Å². The fourth-order valence-corrected chi connectivity index (χ4v) is 1.85. The van der Waals surface area contributed by atoms with Crippen LogP contribution in [0.4, 0.5) is 4.39 Å². The first kappa shape index (κ1) is 21.1. The van der Waals surface area contributed by atoms with E-state index in [0.717, 1.165) is 50.7 Å². The quantitative estimate of drug-likeness (QED) is 0.384. The summed E-state index contributed by atoms with van der Waals surface area (Å²) in [6.07, 6.45) is 0.775. The zero-order valence-electron chi connectivity index (χ0n) is 13.7. The van der Waals surface area contributed by atoms with Crippen LogP contribution in [-0.4, -0.2) is 50.6 Å². The smallest absolute Gasteiger partial charge is 0.191 e. The molecule has 2 N–H and O–H groups in total. The number of guanidine groups is 1. The van der Waals surface area contributed by atoms with Gasteiger partial charge in [0.15, 0.2) is 5.96 Å². The Morgan fingerprint density at radius 2 is 2.05 bits per heavy atom. The lowest BCUT2D eigenvalue weighted by atomic mass is 10.1. The Bertz CT molecular complexity index is 440. The highest BCUT2D eigenvalue weighted by molar-refractivity contribution is 14.0. The second kappa shape index (κ2) is 12.6. The van der Waals surface area contributed by atoms with Crippen LogP contribution in [0.25, 0.3) is 0 Å². The van der Waals surface area contributed by atoms with Gasteiger partial charge in [-0.3, -0.25) is 4.99 Å². The maximum absolute atomic E-state index is 13.1. The average molecular weight is 422 g/mol. The minimum atomic E-state index is -0.185. The van der Waals surface area contributed by atoms with Gasteiger partial charge in [0.25, 0.3) is 0 Å². The highest BCUT2D eigenvalue weighted by atomic mass is 127. The number of hydrogen-bond acceptors (Lipinski definition) is 2. The molecule has 0 fully saturated rings. The number of benzene rings is 1. The molecule has 126 valence electrons. The monoisotopic (exact) mass is 422 g/mol. The summed E-state index contributed by atoms with van der Waals surface area (Å²) < 4.78 is 13.1. The van der Waals surface area contributed by atoms with Crippen molar-refractivity contribution in [1.29, 1.82) is 0 Å². The van der Waals surface area contributed by atoms with E-state index in [1.807, 2.05) is 13.0 Å². The molecule has 0 spiro atoms. The van der Waals surface area contributed by atoms with E-state index in [1.54, 1.807) is 12.1 Å². The molecule has 22 heavy (non-hydrogen) atoms. The Kier molecular flexibility index (Phi) is 12.1. The standard InChI is InChI=1S/C16H27FN4.HI/c1-4-18-16(20-11-12-21(3)5-2)19-10-9-14-7-6-8-15(17)13-14;/h6-8,13H,4-5,9-12H2,1-3H3,(H2,18,19,20);1H. The van der Waals surface area contributed by atoms with E-state index in [9.17, 15) is 4.39 Å². The largest absolute Gasteiger partial charge is 0.357 e. The summed E-state index contributed by atoms with van der Waals surface area (Å²) in [4.78, 5) is 6.75. The molecule has 0 atom stereocenters. The molecule has 0 aromatic heterocycles. The maximum Gasteiger partial charge on any atom is 0.191 e. The Morgan fingerprint density at radius 1 is 1.27 bits per heavy atom. The van der Waals surface area contributed by atoms with Crippen LogP contribution in [0.15, 0.2) is 29.3 Å². The summed E-state index contributed by atoms with van der Waals surface area (Å²) in [5, 5.41) is 6.50. The van der Waals surface area contributed by atoms with Crippen molar-refractivity contribution in [1.82, 2.24) is 15.5 Å². The molecule has 0 aliphatic rings. The van der Waals surface area contributed by atoms with Gasteiger partial charge in [0.2, 0.25) is 0 Å². The Labute approximate surface area is 150 Å². The van der Waals surface area contributed by atoms with Gasteiger partial charge in [0.05, 0.1) is 6.54 Å². The summed E-state index contributed by atoms with van der Waals surface area (Å²) in [5.74, 6) is 0.633. The van der Waals surface area contributed by atoms with Crippen molar-refractivity contribution < 1.29 is 4.39 Å². The highest BCUT2D eigenvalue weighted by Crippen LogP contribution is 2.03. The summed E-state index contributed by atoms with van der Waals surface area (Å²) in [5.41, 5.74) is 0.990. The van der Waals surface area contributed by atoms with E-state index in [2.05, 4.69) is 34.5 Å². The van der Waals surface area contributed by atoms with Gasteiger partial charge in [-0.2, -0.15) is 0 Å². The third-order valence-electron chi connectivity index (χ3n) is 3.23. The van der Waals surface area contributed by atoms with Gasteiger partial charge in [-0.25, -0.2) is 4.39 Å². The molecule has 0 heterocycles. The lowest BCUT2D eigenvalue weighted by molar-refractivity contribution is 0.363. The normalized spacial score (nSPS) is 11.2. The first-order chi connectivity index (χ1) is 10.2. The van der Waals surface area contributed by atoms with E-state index < -0.39 is 0 Å². The van der Waals surface area contributed by atoms with Crippen LogP contribution < -0.4 is 10.6 Å². The summed E-state index contributed by atoms with van der Waals surface area (Å²) in [7, 11) is 2.08. The number of halogens is 2. The van der Waals surface area contributed by atoms with Crippen molar-refractivity contribution in [3.8, 4) is 0 Å². The van der Waals surface area contributed by atoms with Gasteiger partial charge >= 0.3 is 0 Å². The molecule has 0 unspecified atom stereocenters. The van der Waals surface area contributed by atoms with Crippen molar-refractivity contribution in [2.75, 3.05) is 39.8 Å². The molecule has 0 aliphatic heterocycles. The topological polar surface area (TPSA) is 39.7 Å². The van der Waals surface area contributed by atoms with E-state index in [-0.39, 0.29) is 29.8 Å². The molecule has 0 aliphatic carbocycles. The summed E-state index contributed by atoms with van der Waals surface area (Å²) in [6.45, 7) is 8.47. The average Bonchev–Trinajstić information content (AvgIpc) is 2.47. The summed E-state index contributed by atoms with van der Waals surface area (Å²) >= 11 is 0. The van der Waals surface area contributed by atoms with Crippen molar-refractivity contribution in [2.24, 2.45) is 4.99 Å². The van der Waals surface area contributed by atoms with Gasteiger partial charge in [-0.1, -0.05) is 19.1 Å². The van der Waals surface area contributed by atoms with Crippen LogP contribution in [0.2, 0.25) is 0 Å². The molecule has 0 saturated heterocycles. The Morgan fingerprint density at radius 3 is 2.68 bits per heavy atom. The second-order valence-electron chi connectivity index (χ2n) is 4.96. The molecular weight excluding hydrogens is 394 g/mol. The number of nitrogens with one attached hydrogen (secondary N) is 2. The van der Waals surface area contributed by atoms with Crippen molar-refractivity contribution in [3.63, 3.8) is 0 Å². The Hall–Kier alpha value is -0.890. The minimum Gasteiger partial charge on any atom is -0.357 e. The number of hydrogen-bond donors (Lipinski definition) is 2. The fraction of sp³-hybridized carbons (Fsp3) is 0.562. The first-order valence-electron chi connectivity index (χ1n) is 7.60. The fourth-order valence-electron chi connectivity index (χ4n) is 1.85. The Balaban J connectivity index is 0.00000441. The minimum absolute atomic E-state index is 0. The van der Waals surface area contributed by atoms with Gasteiger partial charge in [-0.15, -0.1) is 24.0 Å². The van der Waals surface area contributed by atoms with Gasteiger partial charge in [0.1, 0.15) is 5.82 Å². The molecule has 1 aromatic carbocycles. The second-order valence-corrected chi connectivity index (χ2v) is 4.96. The van der Waals surface area contributed by atoms with Crippen LogP contribution in [0, 0.1) is 5.82 Å². The zero-order chi connectivity index (χ0) is 15.5. The highest BCUT2D eigenvalue weighted by Gasteiger charge is 1.99. The third kappa shape index (κ3) is 9.19. The predicted octanol–water partition coefficient (Wildman–Crippen LogP) is 2.49. The van der Waals surface area contributed by atoms with E-state index in [0.29, 0.717) is 0 Å². The predicted molar refractivity (Wildman–Crippen MR) is 103 cm³/mol. The van der Waals surface area contributed by atoms with Crippen molar-refractivity contribution in [2.45, 2.75) is 20.3 Å². The van der Waals surface area contributed by atoms with Crippen molar-refractivity contribution in [3.05, 3.63) is 35.6 Å². The molecule has 4 nitrogen and oxygen atoms in total. The van der Waals surface area contributed by atoms with Crippen molar-refractivity contribution >= 4 is 29.9 Å². The van der Waals surface area contributed by atoms with Gasteiger partial charge in [-0.05, 0) is 44.6 Å². The molecule has 0 saturated carbocycles. The van der Waals surface area contributed by atoms with Crippen LogP contribution in [-0.2, 0) is 6.42 Å². The molecule has 0 bridgehead atoms. The molecule has 1 rings (SSSR count). The molecule has 6 heteroatoms. The van der Waals surface area contributed by atoms with Crippen LogP contribution >= 0.6 is 24.0 Å². The maximum atomic E-state index is 13.1. The van der Waals surface area contributed by atoms with Crippen LogP contribution in [0.3, 0.4) is 0 Å². The van der Waals surface area contributed by atoms with Crippen LogP contribution in [0.5, 0.6) is 0 Å². The van der Waals surface area contributed by atoms with Gasteiger partial charge in [0, 0.05) is 19.6 Å². The first-order valence-corrected chi connectivity index (χ1v) is 7.60. The third-order valence-corrected chi connectivity index (χ3v) is 3.23. The van der Waals surface area contributed by atoms with E-state index in [4.69, 9.17) is 0 Å². The van der Waals surface area contributed by atoms with E-state index >= 15 is 0 Å². The summed E-state index contributed by atoms with van der Waals surface area (Å²) in [6, 6.07) is 6.71. The molecule has 0 radical (unpaired) electrons. The molecule has 1 aromatic rings. The number of nitrogens with zero attached hydrogens (tertiary/aromatic N) is 2. The number of rotatable bonds is 8. The molecule has 0 amide bonds. The lowest BCUT2D eigenvalue weighted by Crippen LogP contribution is -2.39. The SMILES string of the molecule is CCNC(=NCCN(C)CC)NCCc1cccc(F)c1.I. The lowest BCUT2D eigenvalue weighted by Gasteiger charge is -2.14.